The normalized spacial score (nSPS) is 14.6. The maximum atomic E-state index is 11.6. The van der Waals surface area contributed by atoms with E-state index in [4.69, 9.17) is 4.74 Å². The highest BCUT2D eigenvalue weighted by atomic mass is 16.5. The number of ketones is 1. The molecule has 0 aromatic heterocycles. The minimum Gasteiger partial charge on any atom is -0.494 e. The zero-order valence-corrected chi connectivity index (χ0v) is 10.4. The summed E-state index contributed by atoms with van der Waals surface area (Å²) in [5.41, 5.74) is 1.22. The zero-order chi connectivity index (χ0) is 12.1. The van der Waals surface area contributed by atoms with Crippen molar-refractivity contribution in [3.63, 3.8) is 0 Å². The van der Waals surface area contributed by atoms with Gasteiger partial charge in [-0.25, -0.2) is 0 Å². The highest BCUT2D eigenvalue weighted by Crippen LogP contribution is 2.31. The number of Topliss-reactive ketones (excluding diaryl/α,β-unsaturated/α-hetero) is 1. The van der Waals surface area contributed by atoms with Gasteiger partial charge in [-0.05, 0) is 43.4 Å². The predicted octanol–water partition coefficient (Wildman–Crippen LogP) is 3.39. The summed E-state index contributed by atoms with van der Waals surface area (Å²) >= 11 is 0. The number of ether oxygens (including phenoxy) is 1. The number of aryl methyl sites for hydroxylation is 1. The van der Waals surface area contributed by atoms with Crippen LogP contribution in [0.25, 0.3) is 0 Å². The Morgan fingerprint density at radius 1 is 1.29 bits per heavy atom. The van der Waals surface area contributed by atoms with Gasteiger partial charge in [0.25, 0.3) is 0 Å². The molecule has 1 saturated carbocycles. The van der Waals surface area contributed by atoms with Crippen molar-refractivity contribution >= 4 is 5.78 Å². The van der Waals surface area contributed by atoms with Crippen LogP contribution in [-0.2, 0) is 11.2 Å². The van der Waals surface area contributed by atoms with E-state index in [1.54, 1.807) is 0 Å². The topological polar surface area (TPSA) is 26.3 Å². The van der Waals surface area contributed by atoms with E-state index in [1.165, 1.54) is 5.56 Å². The molecule has 0 heterocycles. The van der Waals surface area contributed by atoms with Gasteiger partial charge in [-0.1, -0.05) is 19.1 Å². The van der Waals surface area contributed by atoms with Gasteiger partial charge in [-0.2, -0.15) is 0 Å². The smallest absolute Gasteiger partial charge is 0.136 e. The molecule has 1 aromatic rings. The standard InChI is InChI=1S/C15H20O2/c1-2-11-17-14-8-3-12(4-9-14)5-10-15(16)13-6-7-13/h3-4,8-9,13H,2,5-7,10-11H2,1H3. The molecule has 0 unspecified atom stereocenters. The second kappa shape index (κ2) is 5.85. The van der Waals surface area contributed by atoms with Crippen LogP contribution in [0.15, 0.2) is 24.3 Å². The Bertz CT molecular complexity index is 363. The first-order valence-corrected chi connectivity index (χ1v) is 6.54. The fourth-order valence-corrected chi connectivity index (χ4v) is 1.85. The molecule has 17 heavy (non-hydrogen) atoms. The summed E-state index contributed by atoms with van der Waals surface area (Å²) in [6.07, 6.45) is 4.81. The van der Waals surface area contributed by atoms with Gasteiger partial charge in [-0.3, -0.25) is 4.79 Å². The van der Waals surface area contributed by atoms with Crippen molar-refractivity contribution in [2.24, 2.45) is 5.92 Å². The van der Waals surface area contributed by atoms with Crippen LogP contribution in [0.1, 0.15) is 38.2 Å². The maximum Gasteiger partial charge on any atom is 0.136 e. The lowest BCUT2D eigenvalue weighted by Crippen LogP contribution is -2.02. The number of rotatable bonds is 7. The van der Waals surface area contributed by atoms with Crippen molar-refractivity contribution in [1.82, 2.24) is 0 Å². The van der Waals surface area contributed by atoms with E-state index in [-0.39, 0.29) is 0 Å². The van der Waals surface area contributed by atoms with Crippen molar-refractivity contribution in [2.45, 2.75) is 39.0 Å². The Labute approximate surface area is 103 Å². The molecular formula is C15H20O2. The fourth-order valence-electron chi connectivity index (χ4n) is 1.85. The number of carbonyl (C=O) groups excluding carboxylic acids is 1. The molecule has 1 aliphatic carbocycles. The van der Waals surface area contributed by atoms with E-state index < -0.39 is 0 Å². The molecule has 2 nitrogen and oxygen atoms in total. The molecule has 0 N–H and O–H groups in total. The van der Waals surface area contributed by atoms with Crippen molar-refractivity contribution in [3.05, 3.63) is 29.8 Å². The lowest BCUT2D eigenvalue weighted by Gasteiger charge is -2.05. The van der Waals surface area contributed by atoms with Gasteiger partial charge in [-0.15, -0.1) is 0 Å². The molecule has 0 atom stereocenters. The molecule has 0 saturated heterocycles. The average Bonchev–Trinajstić information content (AvgIpc) is 3.19. The highest BCUT2D eigenvalue weighted by molar-refractivity contribution is 5.83. The Morgan fingerprint density at radius 3 is 2.59 bits per heavy atom. The molecule has 0 spiro atoms. The van der Waals surface area contributed by atoms with E-state index in [9.17, 15) is 4.79 Å². The van der Waals surface area contributed by atoms with E-state index in [1.807, 2.05) is 12.1 Å². The molecule has 92 valence electrons. The lowest BCUT2D eigenvalue weighted by molar-refractivity contribution is -0.120. The maximum absolute atomic E-state index is 11.6. The molecule has 1 fully saturated rings. The number of hydrogen-bond donors (Lipinski definition) is 0. The van der Waals surface area contributed by atoms with Gasteiger partial charge in [0.1, 0.15) is 11.5 Å². The molecular weight excluding hydrogens is 212 g/mol. The molecule has 2 rings (SSSR count). The summed E-state index contributed by atoms with van der Waals surface area (Å²) in [4.78, 5) is 11.6. The largest absolute Gasteiger partial charge is 0.494 e. The first-order valence-electron chi connectivity index (χ1n) is 6.54. The summed E-state index contributed by atoms with van der Waals surface area (Å²) in [7, 11) is 0. The van der Waals surface area contributed by atoms with Crippen LogP contribution < -0.4 is 4.74 Å². The molecule has 2 heteroatoms. The van der Waals surface area contributed by atoms with Crippen LogP contribution in [-0.4, -0.2) is 12.4 Å². The molecule has 0 aliphatic heterocycles. The third-order valence-corrected chi connectivity index (χ3v) is 3.09. The summed E-state index contributed by atoms with van der Waals surface area (Å²) in [5.74, 6) is 1.75. The molecule has 0 amide bonds. The third kappa shape index (κ3) is 3.88. The average molecular weight is 232 g/mol. The van der Waals surface area contributed by atoms with Gasteiger partial charge in [0, 0.05) is 12.3 Å². The fraction of sp³-hybridized carbons (Fsp3) is 0.533. The van der Waals surface area contributed by atoms with Crippen LogP contribution in [0.4, 0.5) is 0 Å². The van der Waals surface area contributed by atoms with Crippen LogP contribution in [0.2, 0.25) is 0 Å². The van der Waals surface area contributed by atoms with Gasteiger partial charge < -0.3 is 4.74 Å². The molecule has 1 aliphatic rings. The summed E-state index contributed by atoms with van der Waals surface area (Å²) in [6, 6.07) is 8.11. The summed E-state index contributed by atoms with van der Waals surface area (Å²) < 4.78 is 5.52. The molecule has 0 bridgehead atoms. The van der Waals surface area contributed by atoms with Gasteiger partial charge >= 0.3 is 0 Å². The van der Waals surface area contributed by atoms with E-state index in [0.29, 0.717) is 18.1 Å². The van der Waals surface area contributed by atoms with Crippen molar-refractivity contribution < 1.29 is 9.53 Å². The van der Waals surface area contributed by atoms with Gasteiger partial charge in [0.05, 0.1) is 6.61 Å². The molecule has 1 aromatic carbocycles. The molecule has 0 radical (unpaired) electrons. The SMILES string of the molecule is CCCOc1ccc(CCC(=O)C2CC2)cc1. The lowest BCUT2D eigenvalue weighted by atomic mass is 10.1. The van der Waals surface area contributed by atoms with E-state index in [0.717, 1.165) is 38.0 Å². The minimum absolute atomic E-state index is 0.391. The number of benzene rings is 1. The summed E-state index contributed by atoms with van der Waals surface area (Å²) in [6.45, 7) is 2.86. The van der Waals surface area contributed by atoms with Crippen LogP contribution in [0, 0.1) is 5.92 Å². The Balaban J connectivity index is 1.78. The Hall–Kier alpha value is -1.31. The Kier molecular flexibility index (Phi) is 4.18. The number of hydrogen-bond acceptors (Lipinski definition) is 2. The van der Waals surface area contributed by atoms with Crippen LogP contribution >= 0.6 is 0 Å². The van der Waals surface area contributed by atoms with Crippen LogP contribution in [0.5, 0.6) is 5.75 Å². The first-order chi connectivity index (χ1) is 8.29. The quantitative estimate of drug-likeness (QED) is 0.720. The minimum atomic E-state index is 0.391. The van der Waals surface area contributed by atoms with Gasteiger partial charge in [0.2, 0.25) is 0 Å². The summed E-state index contributed by atoms with van der Waals surface area (Å²) in [5, 5.41) is 0. The first kappa shape index (κ1) is 12.2. The third-order valence-electron chi connectivity index (χ3n) is 3.09. The highest BCUT2D eigenvalue weighted by Gasteiger charge is 2.28. The number of carbonyl (C=O) groups is 1. The van der Waals surface area contributed by atoms with Crippen molar-refractivity contribution in [1.29, 1.82) is 0 Å². The zero-order valence-electron chi connectivity index (χ0n) is 10.4. The van der Waals surface area contributed by atoms with E-state index >= 15 is 0 Å². The van der Waals surface area contributed by atoms with Crippen LogP contribution in [0.3, 0.4) is 0 Å². The van der Waals surface area contributed by atoms with E-state index in [2.05, 4.69) is 19.1 Å². The monoisotopic (exact) mass is 232 g/mol. The van der Waals surface area contributed by atoms with Gasteiger partial charge in [0.15, 0.2) is 0 Å². The second-order valence-electron chi connectivity index (χ2n) is 4.73. The predicted molar refractivity (Wildman–Crippen MR) is 68.3 cm³/mol. The van der Waals surface area contributed by atoms with Crippen molar-refractivity contribution in [3.8, 4) is 5.75 Å². The Morgan fingerprint density at radius 2 is 2.00 bits per heavy atom. The van der Waals surface area contributed by atoms with Crippen molar-refractivity contribution in [2.75, 3.05) is 6.61 Å². The second-order valence-corrected chi connectivity index (χ2v) is 4.73.